The van der Waals surface area contributed by atoms with E-state index in [0.29, 0.717) is 12.2 Å². The molecule has 2 aromatic heterocycles. The Hall–Kier alpha value is -2.40. The molecular formula is C20H23N3OS. The van der Waals surface area contributed by atoms with Crippen LogP contribution in [-0.2, 0) is 4.79 Å². The lowest BCUT2D eigenvalue weighted by Gasteiger charge is -2.10. The Kier molecular flexibility index (Phi) is 6.95. The summed E-state index contributed by atoms with van der Waals surface area (Å²) in [6, 6.07) is 3.83. The quantitative estimate of drug-likeness (QED) is 0.544. The second-order valence-electron chi connectivity index (χ2n) is 5.68. The Morgan fingerprint density at radius 3 is 2.68 bits per heavy atom. The molecule has 1 N–H and O–H groups in total. The van der Waals surface area contributed by atoms with E-state index < -0.39 is 0 Å². The molecule has 0 fully saturated rings. The predicted molar refractivity (Wildman–Crippen MR) is 109 cm³/mol. The standard InChI is InChI=1S/C20H23N3OS/c1-5-18(15(3)8-14(2)6-7-25-4)19-9-16-12-22-20(23-13-24)10-17(16)11-21-19/h5,8-13H,2,6-7H2,1,3-4H3,(H,22,23,24)/b15-8-,18-5+. The second kappa shape index (κ2) is 9.18. The van der Waals surface area contributed by atoms with Crippen molar-refractivity contribution in [2.45, 2.75) is 20.3 Å². The number of nitrogens with zero attached hydrogens (tertiary/aromatic N) is 2. The van der Waals surface area contributed by atoms with Crippen molar-refractivity contribution < 1.29 is 4.79 Å². The number of amides is 1. The third-order valence-corrected chi connectivity index (χ3v) is 4.46. The zero-order valence-corrected chi connectivity index (χ0v) is 15.7. The third kappa shape index (κ3) is 5.03. The SMILES string of the molecule is C=C(/C=C(C)\C(=C/C)c1cc2cnc(NC=O)cc2cn1)CCSC. The van der Waals surface area contributed by atoms with Crippen LogP contribution in [0.2, 0.25) is 0 Å². The largest absolute Gasteiger partial charge is 0.313 e. The van der Waals surface area contributed by atoms with Crippen LogP contribution in [0.1, 0.15) is 26.0 Å². The molecule has 0 aromatic carbocycles. The first kappa shape index (κ1) is 18.9. The van der Waals surface area contributed by atoms with Crippen LogP contribution in [0.5, 0.6) is 0 Å². The number of hydrogen-bond acceptors (Lipinski definition) is 4. The van der Waals surface area contributed by atoms with E-state index in [9.17, 15) is 4.79 Å². The molecule has 130 valence electrons. The van der Waals surface area contributed by atoms with Crippen LogP contribution in [0.4, 0.5) is 5.82 Å². The van der Waals surface area contributed by atoms with Gasteiger partial charge in [-0.3, -0.25) is 9.78 Å². The van der Waals surface area contributed by atoms with E-state index in [0.717, 1.165) is 45.4 Å². The molecule has 2 heterocycles. The van der Waals surface area contributed by atoms with Crippen LogP contribution < -0.4 is 5.32 Å². The number of fused-ring (bicyclic) bond motifs is 1. The summed E-state index contributed by atoms with van der Waals surface area (Å²) in [6.07, 6.45) is 11.5. The molecule has 5 heteroatoms. The molecule has 25 heavy (non-hydrogen) atoms. The number of pyridine rings is 2. The first-order valence-corrected chi connectivity index (χ1v) is 9.46. The average Bonchev–Trinajstić information content (AvgIpc) is 2.61. The molecule has 0 aliphatic heterocycles. The summed E-state index contributed by atoms with van der Waals surface area (Å²) in [5, 5.41) is 4.47. The van der Waals surface area contributed by atoms with Crippen LogP contribution in [0.25, 0.3) is 16.3 Å². The van der Waals surface area contributed by atoms with Crippen LogP contribution >= 0.6 is 11.8 Å². The molecule has 0 aliphatic rings. The van der Waals surface area contributed by atoms with E-state index in [1.165, 1.54) is 0 Å². The molecule has 0 spiro atoms. The number of carbonyl (C=O) groups is 1. The fourth-order valence-electron chi connectivity index (χ4n) is 2.59. The number of anilines is 1. The molecule has 0 saturated carbocycles. The number of allylic oxidation sites excluding steroid dienone is 5. The molecule has 0 unspecified atom stereocenters. The summed E-state index contributed by atoms with van der Waals surface area (Å²) in [7, 11) is 0. The number of nitrogens with one attached hydrogen (secondary N) is 1. The minimum atomic E-state index is 0.518. The molecule has 0 atom stereocenters. The molecule has 4 nitrogen and oxygen atoms in total. The molecule has 0 bridgehead atoms. The van der Waals surface area contributed by atoms with Gasteiger partial charge in [0.25, 0.3) is 0 Å². The first-order chi connectivity index (χ1) is 12.1. The van der Waals surface area contributed by atoms with Crippen molar-refractivity contribution in [3.63, 3.8) is 0 Å². The van der Waals surface area contributed by atoms with E-state index in [1.807, 2.05) is 37.0 Å². The van der Waals surface area contributed by atoms with Gasteiger partial charge in [-0.15, -0.1) is 0 Å². The van der Waals surface area contributed by atoms with Gasteiger partial charge in [0.05, 0.1) is 5.69 Å². The van der Waals surface area contributed by atoms with Crippen LogP contribution in [0.3, 0.4) is 0 Å². The summed E-state index contributed by atoms with van der Waals surface area (Å²) >= 11 is 1.82. The maximum absolute atomic E-state index is 10.5. The molecule has 0 radical (unpaired) electrons. The van der Waals surface area contributed by atoms with Crippen LogP contribution in [0.15, 0.2) is 54.4 Å². The smallest absolute Gasteiger partial charge is 0.212 e. The highest BCUT2D eigenvalue weighted by Gasteiger charge is 2.07. The Morgan fingerprint density at radius 2 is 2.00 bits per heavy atom. The summed E-state index contributed by atoms with van der Waals surface area (Å²) in [5.41, 5.74) is 4.26. The van der Waals surface area contributed by atoms with Gasteiger partial charge in [-0.25, -0.2) is 4.98 Å². The topological polar surface area (TPSA) is 54.9 Å². The molecule has 1 amide bonds. The Balaban J connectivity index is 2.31. The van der Waals surface area contributed by atoms with Gasteiger partial charge in [-0.05, 0) is 55.6 Å². The molecule has 2 aromatic rings. The van der Waals surface area contributed by atoms with Crippen molar-refractivity contribution in [3.8, 4) is 0 Å². The minimum Gasteiger partial charge on any atom is -0.313 e. The number of hydrogen-bond donors (Lipinski definition) is 1. The van der Waals surface area contributed by atoms with Gasteiger partial charge in [-0.1, -0.05) is 24.3 Å². The van der Waals surface area contributed by atoms with E-state index in [2.05, 4.69) is 47.2 Å². The van der Waals surface area contributed by atoms with Gasteiger partial charge in [0.2, 0.25) is 6.41 Å². The molecule has 2 rings (SSSR count). The lowest BCUT2D eigenvalue weighted by molar-refractivity contribution is -0.105. The number of rotatable bonds is 8. The molecule has 0 aliphatic carbocycles. The van der Waals surface area contributed by atoms with Crippen molar-refractivity contribution in [1.29, 1.82) is 0 Å². The Bertz CT molecular complexity index is 840. The number of carbonyl (C=O) groups excluding carboxylic acids is 1. The second-order valence-corrected chi connectivity index (χ2v) is 6.66. The summed E-state index contributed by atoms with van der Waals surface area (Å²) in [4.78, 5) is 19.3. The van der Waals surface area contributed by atoms with Crippen molar-refractivity contribution in [2.75, 3.05) is 17.3 Å². The first-order valence-electron chi connectivity index (χ1n) is 8.07. The van der Waals surface area contributed by atoms with Crippen LogP contribution in [-0.4, -0.2) is 28.4 Å². The van der Waals surface area contributed by atoms with Gasteiger partial charge in [0.15, 0.2) is 0 Å². The monoisotopic (exact) mass is 353 g/mol. The van der Waals surface area contributed by atoms with Gasteiger partial charge < -0.3 is 5.32 Å². The van der Waals surface area contributed by atoms with Crippen molar-refractivity contribution in [3.05, 3.63) is 60.1 Å². The number of thioether (sulfide) groups is 1. The van der Waals surface area contributed by atoms with Crippen LogP contribution in [0, 0.1) is 0 Å². The minimum absolute atomic E-state index is 0.518. The highest BCUT2D eigenvalue weighted by Crippen LogP contribution is 2.26. The molecular weight excluding hydrogens is 330 g/mol. The number of aromatic nitrogens is 2. The average molecular weight is 353 g/mol. The van der Waals surface area contributed by atoms with Crippen molar-refractivity contribution in [2.24, 2.45) is 0 Å². The third-order valence-electron chi connectivity index (χ3n) is 3.85. The van der Waals surface area contributed by atoms with Gasteiger partial charge in [0, 0.05) is 23.2 Å². The predicted octanol–water partition coefficient (Wildman–Crippen LogP) is 4.86. The summed E-state index contributed by atoms with van der Waals surface area (Å²) < 4.78 is 0. The zero-order chi connectivity index (χ0) is 18.2. The highest BCUT2D eigenvalue weighted by atomic mass is 32.2. The maximum Gasteiger partial charge on any atom is 0.212 e. The maximum atomic E-state index is 10.5. The highest BCUT2D eigenvalue weighted by molar-refractivity contribution is 7.98. The van der Waals surface area contributed by atoms with Gasteiger partial charge in [-0.2, -0.15) is 11.8 Å². The summed E-state index contributed by atoms with van der Waals surface area (Å²) in [5.74, 6) is 1.59. The Labute approximate surface area is 153 Å². The Morgan fingerprint density at radius 1 is 1.28 bits per heavy atom. The van der Waals surface area contributed by atoms with Gasteiger partial charge >= 0.3 is 0 Å². The summed E-state index contributed by atoms with van der Waals surface area (Å²) in [6.45, 7) is 8.23. The van der Waals surface area contributed by atoms with E-state index >= 15 is 0 Å². The zero-order valence-electron chi connectivity index (χ0n) is 14.9. The van der Waals surface area contributed by atoms with Gasteiger partial charge in [0.1, 0.15) is 5.82 Å². The lowest BCUT2D eigenvalue weighted by atomic mass is 9.99. The van der Waals surface area contributed by atoms with E-state index in [-0.39, 0.29) is 0 Å². The van der Waals surface area contributed by atoms with Crippen molar-refractivity contribution in [1.82, 2.24) is 9.97 Å². The van der Waals surface area contributed by atoms with E-state index in [1.54, 1.807) is 6.20 Å². The fraction of sp³-hybridized carbons (Fsp3) is 0.250. The van der Waals surface area contributed by atoms with E-state index in [4.69, 9.17) is 0 Å². The normalized spacial score (nSPS) is 12.3. The van der Waals surface area contributed by atoms with Crippen molar-refractivity contribution >= 4 is 40.3 Å². The lowest BCUT2D eigenvalue weighted by Crippen LogP contribution is -1.97. The molecule has 0 saturated heterocycles. The fourth-order valence-corrected chi connectivity index (χ4v) is 3.06.